The third kappa shape index (κ3) is 2.37. The number of methoxy groups -OCH3 is 1. The standard InChI is InChI=1S/C11H13N3O2S/c1-16-9-5-8-10(17-6-14-8)4-7(9)11(15)13-3-2-12/h4-6H,2-3,12H2,1H3,(H,13,15). The predicted molar refractivity (Wildman–Crippen MR) is 67.6 cm³/mol. The molecule has 0 aliphatic carbocycles. The summed E-state index contributed by atoms with van der Waals surface area (Å²) in [6, 6.07) is 3.56. The first-order valence-electron chi connectivity index (χ1n) is 5.15. The summed E-state index contributed by atoms with van der Waals surface area (Å²) in [6.45, 7) is 0.861. The Kier molecular flexibility index (Phi) is 3.55. The number of nitrogens with zero attached hydrogens (tertiary/aromatic N) is 1. The number of nitrogens with one attached hydrogen (secondary N) is 1. The fourth-order valence-electron chi connectivity index (χ4n) is 1.51. The van der Waals surface area contributed by atoms with Crippen molar-refractivity contribution in [3.8, 4) is 5.75 Å². The number of aromatic nitrogens is 1. The van der Waals surface area contributed by atoms with E-state index in [9.17, 15) is 4.79 Å². The number of carbonyl (C=O) groups is 1. The van der Waals surface area contributed by atoms with Crippen LogP contribution in [0.25, 0.3) is 10.2 Å². The van der Waals surface area contributed by atoms with Crippen LogP contribution in [0.5, 0.6) is 5.75 Å². The Morgan fingerprint density at radius 3 is 3.12 bits per heavy atom. The van der Waals surface area contributed by atoms with E-state index in [1.807, 2.05) is 0 Å². The number of carbonyl (C=O) groups excluding carboxylic acids is 1. The third-order valence-corrected chi connectivity index (χ3v) is 3.12. The summed E-state index contributed by atoms with van der Waals surface area (Å²) in [5.74, 6) is 0.348. The average Bonchev–Trinajstić information content (AvgIpc) is 2.81. The lowest BCUT2D eigenvalue weighted by molar-refractivity contribution is 0.0952. The molecule has 90 valence electrons. The van der Waals surface area contributed by atoms with E-state index in [2.05, 4.69) is 10.3 Å². The number of fused-ring (bicyclic) bond motifs is 1. The van der Waals surface area contributed by atoms with Crippen LogP contribution in [0.2, 0.25) is 0 Å². The first kappa shape index (κ1) is 11.8. The Balaban J connectivity index is 2.39. The van der Waals surface area contributed by atoms with Gasteiger partial charge in [0, 0.05) is 19.2 Å². The lowest BCUT2D eigenvalue weighted by Crippen LogP contribution is -2.29. The van der Waals surface area contributed by atoms with E-state index >= 15 is 0 Å². The highest BCUT2D eigenvalue weighted by atomic mass is 32.1. The molecule has 1 aromatic heterocycles. The van der Waals surface area contributed by atoms with E-state index in [1.54, 1.807) is 17.6 Å². The van der Waals surface area contributed by atoms with Gasteiger partial charge in [-0.25, -0.2) is 4.98 Å². The molecule has 2 rings (SSSR count). The maximum Gasteiger partial charge on any atom is 0.255 e. The van der Waals surface area contributed by atoms with E-state index in [0.29, 0.717) is 24.4 Å². The zero-order valence-electron chi connectivity index (χ0n) is 9.40. The van der Waals surface area contributed by atoms with Gasteiger partial charge in [0.25, 0.3) is 5.91 Å². The Morgan fingerprint density at radius 1 is 1.59 bits per heavy atom. The van der Waals surface area contributed by atoms with Crippen LogP contribution in [0.4, 0.5) is 0 Å². The highest BCUT2D eigenvalue weighted by Crippen LogP contribution is 2.27. The zero-order chi connectivity index (χ0) is 12.3. The van der Waals surface area contributed by atoms with Crippen LogP contribution in [0.1, 0.15) is 10.4 Å². The average molecular weight is 251 g/mol. The molecule has 1 amide bonds. The van der Waals surface area contributed by atoms with Crippen LogP contribution in [0, 0.1) is 0 Å². The van der Waals surface area contributed by atoms with Crippen LogP contribution in [-0.4, -0.2) is 31.1 Å². The van der Waals surface area contributed by atoms with Crippen molar-refractivity contribution in [2.45, 2.75) is 0 Å². The summed E-state index contributed by atoms with van der Waals surface area (Å²) in [7, 11) is 1.53. The molecule has 0 saturated heterocycles. The maximum atomic E-state index is 11.9. The summed E-state index contributed by atoms with van der Waals surface area (Å²) in [5.41, 5.74) is 8.43. The Hall–Kier alpha value is -1.66. The van der Waals surface area contributed by atoms with Gasteiger partial charge in [-0.3, -0.25) is 4.79 Å². The van der Waals surface area contributed by atoms with E-state index in [1.165, 1.54) is 18.4 Å². The summed E-state index contributed by atoms with van der Waals surface area (Å²) in [6.07, 6.45) is 0. The molecule has 0 spiro atoms. The number of hydrogen-bond donors (Lipinski definition) is 2. The third-order valence-electron chi connectivity index (χ3n) is 2.33. The van der Waals surface area contributed by atoms with E-state index < -0.39 is 0 Å². The van der Waals surface area contributed by atoms with Crippen molar-refractivity contribution in [2.24, 2.45) is 5.73 Å². The van der Waals surface area contributed by atoms with Crippen molar-refractivity contribution in [3.05, 3.63) is 23.2 Å². The van der Waals surface area contributed by atoms with Crippen molar-refractivity contribution in [1.29, 1.82) is 0 Å². The van der Waals surface area contributed by atoms with Crippen LogP contribution in [0.3, 0.4) is 0 Å². The monoisotopic (exact) mass is 251 g/mol. The Morgan fingerprint density at radius 2 is 2.41 bits per heavy atom. The largest absolute Gasteiger partial charge is 0.496 e. The molecule has 5 nitrogen and oxygen atoms in total. The quantitative estimate of drug-likeness (QED) is 0.849. The number of benzene rings is 1. The molecule has 0 radical (unpaired) electrons. The topological polar surface area (TPSA) is 77.2 Å². The molecule has 0 saturated carbocycles. The second kappa shape index (κ2) is 5.11. The van der Waals surface area contributed by atoms with E-state index in [-0.39, 0.29) is 5.91 Å². The molecule has 1 heterocycles. The summed E-state index contributed by atoms with van der Waals surface area (Å²) < 4.78 is 6.16. The molecule has 1 aromatic carbocycles. The molecule has 17 heavy (non-hydrogen) atoms. The lowest BCUT2D eigenvalue weighted by Gasteiger charge is -2.08. The van der Waals surface area contributed by atoms with Gasteiger partial charge in [-0.05, 0) is 6.07 Å². The number of amides is 1. The summed E-state index contributed by atoms with van der Waals surface area (Å²) in [5, 5.41) is 2.72. The molecule has 0 atom stereocenters. The maximum absolute atomic E-state index is 11.9. The normalized spacial score (nSPS) is 10.5. The van der Waals surface area contributed by atoms with Crippen molar-refractivity contribution < 1.29 is 9.53 Å². The van der Waals surface area contributed by atoms with Crippen LogP contribution < -0.4 is 15.8 Å². The van der Waals surface area contributed by atoms with E-state index in [4.69, 9.17) is 10.5 Å². The molecule has 0 bridgehead atoms. The fourth-order valence-corrected chi connectivity index (χ4v) is 2.21. The molecule has 0 aliphatic heterocycles. The summed E-state index contributed by atoms with van der Waals surface area (Å²) in [4.78, 5) is 16.1. The Bertz CT molecular complexity index is 538. The lowest BCUT2D eigenvalue weighted by atomic mass is 10.1. The predicted octanol–water partition coefficient (Wildman–Crippen LogP) is 0.993. The molecule has 3 N–H and O–H groups in total. The van der Waals surface area contributed by atoms with Crippen LogP contribution >= 0.6 is 11.3 Å². The number of nitrogens with two attached hydrogens (primary N) is 1. The minimum Gasteiger partial charge on any atom is -0.496 e. The van der Waals surface area contributed by atoms with Gasteiger partial charge in [-0.15, -0.1) is 11.3 Å². The second-order valence-corrected chi connectivity index (χ2v) is 4.30. The summed E-state index contributed by atoms with van der Waals surface area (Å²) >= 11 is 1.49. The van der Waals surface area contributed by atoms with Gasteiger partial charge >= 0.3 is 0 Å². The van der Waals surface area contributed by atoms with Crippen LogP contribution in [-0.2, 0) is 0 Å². The second-order valence-electron chi connectivity index (χ2n) is 3.42. The molecule has 6 heteroatoms. The van der Waals surface area contributed by atoms with Crippen molar-refractivity contribution in [2.75, 3.05) is 20.2 Å². The Labute approximate surface area is 103 Å². The SMILES string of the molecule is COc1cc2ncsc2cc1C(=O)NCCN. The molecule has 0 unspecified atom stereocenters. The van der Waals surface area contributed by atoms with Gasteiger partial charge < -0.3 is 15.8 Å². The molecular weight excluding hydrogens is 238 g/mol. The highest BCUT2D eigenvalue weighted by molar-refractivity contribution is 7.16. The van der Waals surface area contributed by atoms with Crippen LogP contribution in [0.15, 0.2) is 17.6 Å². The zero-order valence-corrected chi connectivity index (χ0v) is 10.2. The number of ether oxygens (including phenoxy) is 1. The minimum absolute atomic E-state index is 0.178. The fraction of sp³-hybridized carbons (Fsp3) is 0.273. The highest BCUT2D eigenvalue weighted by Gasteiger charge is 2.14. The first-order chi connectivity index (χ1) is 8.26. The van der Waals surface area contributed by atoms with Gasteiger partial charge in [0.2, 0.25) is 0 Å². The van der Waals surface area contributed by atoms with E-state index in [0.717, 1.165) is 10.2 Å². The molecule has 0 aliphatic rings. The van der Waals surface area contributed by atoms with Gasteiger partial charge in [0.1, 0.15) is 5.75 Å². The van der Waals surface area contributed by atoms with Crippen molar-refractivity contribution in [1.82, 2.24) is 10.3 Å². The minimum atomic E-state index is -0.178. The molecule has 0 fully saturated rings. The first-order valence-corrected chi connectivity index (χ1v) is 6.03. The van der Waals surface area contributed by atoms with Gasteiger partial charge in [0.15, 0.2) is 0 Å². The number of hydrogen-bond acceptors (Lipinski definition) is 5. The van der Waals surface area contributed by atoms with Crippen molar-refractivity contribution >= 4 is 27.5 Å². The number of rotatable bonds is 4. The van der Waals surface area contributed by atoms with Crippen molar-refractivity contribution in [3.63, 3.8) is 0 Å². The number of thiazole rings is 1. The van der Waals surface area contributed by atoms with Gasteiger partial charge in [0.05, 0.1) is 28.4 Å². The molecule has 2 aromatic rings. The smallest absolute Gasteiger partial charge is 0.255 e. The van der Waals surface area contributed by atoms with Gasteiger partial charge in [-0.2, -0.15) is 0 Å². The molecular formula is C11H13N3O2S. The van der Waals surface area contributed by atoms with Gasteiger partial charge in [-0.1, -0.05) is 0 Å².